The van der Waals surface area contributed by atoms with Crippen LogP contribution in [0.15, 0.2) is 0 Å². The Morgan fingerprint density at radius 3 is 2.62 bits per heavy atom. The van der Waals surface area contributed by atoms with Crippen molar-refractivity contribution < 1.29 is 9.53 Å². The van der Waals surface area contributed by atoms with Crippen LogP contribution < -0.4 is 5.32 Å². The van der Waals surface area contributed by atoms with Crippen molar-refractivity contribution in [1.82, 2.24) is 5.32 Å². The van der Waals surface area contributed by atoms with Crippen LogP contribution >= 0.6 is 23.2 Å². The van der Waals surface area contributed by atoms with Crippen molar-refractivity contribution in [3.05, 3.63) is 0 Å². The Hall–Kier alpha value is 0.01000. The molecule has 3 nitrogen and oxygen atoms in total. The lowest BCUT2D eigenvalue weighted by Gasteiger charge is -2.21. The van der Waals surface area contributed by atoms with Gasteiger partial charge in [0.25, 0.3) is 0 Å². The third-order valence-corrected chi connectivity index (χ3v) is 2.33. The van der Waals surface area contributed by atoms with E-state index in [1.807, 2.05) is 0 Å². The third kappa shape index (κ3) is 4.16. The highest BCUT2D eigenvalue weighted by Gasteiger charge is 2.21. The minimum absolute atomic E-state index is 0.0367. The predicted molar refractivity (Wildman–Crippen MR) is 52.0 cm³/mol. The van der Waals surface area contributed by atoms with Gasteiger partial charge in [0.1, 0.15) is 4.84 Å². The monoisotopic (exact) mass is 225 g/mol. The maximum atomic E-state index is 11.4. The van der Waals surface area contributed by atoms with E-state index < -0.39 is 4.84 Å². The van der Waals surface area contributed by atoms with Crippen molar-refractivity contribution in [2.45, 2.75) is 17.7 Å². The van der Waals surface area contributed by atoms with Crippen LogP contribution in [0.5, 0.6) is 0 Å². The van der Waals surface area contributed by atoms with Gasteiger partial charge in [-0.25, -0.2) is 0 Å². The summed E-state index contributed by atoms with van der Waals surface area (Å²) in [5.41, 5.74) is 0. The molecule has 0 aromatic carbocycles. The van der Waals surface area contributed by atoms with E-state index in [0.29, 0.717) is 19.8 Å². The van der Waals surface area contributed by atoms with Crippen LogP contribution in [0.2, 0.25) is 0 Å². The highest BCUT2D eigenvalue weighted by Crippen LogP contribution is 2.14. The number of halogens is 2. The Bertz CT molecular complexity index is 170. The van der Waals surface area contributed by atoms with Gasteiger partial charge in [-0.05, 0) is 12.8 Å². The molecule has 76 valence electrons. The Kier molecular flexibility index (Phi) is 4.84. The van der Waals surface area contributed by atoms with Gasteiger partial charge in [-0.1, -0.05) is 0 Å². The average molecular weight is 226 g/mol. The van der Waals surface area contributed by atoms with Gasteiger partial charge < -0.3 is 10.1 Å². The third-order valence-electron chi connectivity index (χ3n) is 2.02. The summed E-state index contributed by atoms with van der Waals surface area (Å²) in [5, 5.41) is 2.69. The van der Waals surface area contributed by atoms with Gasteiger partial charge in [-0.3, -0.25) is 4.79 Å². The first-order valence-electron chi connectivity index (χ1n) is 4.33. The lowest BCUT2D eigenvalue weighted by Crippen LogP contribution is -2.36. The van der Waals surface area contributed by atoms with Gasteiger partial charge in [0.2, 0.25) is 5.91 Å². The van der Waals surface area contributed by atoms with E-state index in [2.05, 4.69) is 5.32 Å². The number of carbonyl (C=O) groups is 1. The Balaban J connectivity index is 2.21. The molecule has 1 fully saturated rings. The molecule has 1 aliphatic rings. The molecule has 1 saturated heterocycles. The molecule has 5 heteroatoms. The highest BCUT2D eigenvalue weighted by atomic mass is 35.5. The second-order valence-electron chi connectivity index (χ2n) is 3.02. The summed E-state index contributed by atoms with van der Waals surface area (Å²) >= 11 is 11.0. The van der Waals surface area contributed by atoms with E-state index in [4.69, 9.17) is 27.9 Å². The van der Waals surface area contributed by atoms with E-state index >= 15 is 0 Å². The predicted octanol–water partition coefficient (Wildman–Crippen LogP) is 1.33. The molecular weight excluding hydrogens is 213 g/mol. The summed E-state index contributed by atoms with van der Waals surface area (Å²) in [6.07, 6.45) is 1.59. The zero-order chi connectivity index (χ0) is 9.68. The molecule has 0 aliphatic carbocycles. The molecule has 1 rings (SSSR count). The van der Waals surface area contributed by atoms with Crippen molar-refractivity contribution >= 4 is 29.1 Å². The Morgan fingerprint density at radius 2 is 2.08 bits per heavy atom. The van der Waals surface area contributed by atoms with Crippen molar-refractivity contribution in [1.29, 1.82) is 0 Å². The smallest absolute Gasteiger partial charge is 0.223 e. The maximum absolute atomic E-state index is 11.4. The summed E-state index contributed by atoms with van der Waals surface area (Å²) in [7, 11) is 0. The fourth-order valence-corrected chi connectivity index (χ4v) is 1.44. The van der Waals surface area contributed by atoms with Gasteiger partial charge in [0.15, 0.2) is 0 Å². The molecule has 0 aromatic rings. The van der Waals surface area contributed by atoms with Gasteiger partial charge in [-0.2, -0.15) is 0 Å². The van der Waals surface area contributed by atoms with Crippen LogP contribution in [0.1, 0.15) is 12.8 Å². The van der Waals surface area contributed by atoms with Crippen LogP contribution in [-0.2, 0) is 9.53 Å². The minimum Gasteiger partial charge on any atom is -0.381 e. The lowest BCUT2D eigenvalue weighted by atomic mass is 10.00. The number of nitrogens with one attached hydrogen (secondary N) is 1. The Morgan fingerprint density at radius 1 is 1.46 bits per heavy atom. The summed E-state index contributed by atoms with van der Waals surface area (Å²) in [4.78, 5) is 10.9. The zero-order valence-electron chi connectivity index (χ0n) is 7.26. The van der Waals surface area contributed by atoms with Gasteiger partial charge in [-0.15, -0.1) is 23.2 Å². The number of hydrogen-bond donors (Lipinski definition) is 1. The first kappa shape index (κ1) is 11.1. The second kappa shape index (κ2) is 5.68. The zero-order valence-corrected chi connectivity index (χ0v) is 8.77. The minimum atomic E-state index is -0.524. The number of alkyl halides is 2. The van der Waals surface area contributed by atoms with Gasteiger partial charge in [0, 0.05) is 25.7 Å². The summed E-state index contributed by atoms with van der Waals surface area (Å²) in [5.74, 6) is 0.107. The maximum Gasteiger partial charge on any atom is 0.223 e. The van der Waals surface area contributed by atoms with Crippen molar-refractivity contribution in [2.75, 3.05) is 19.8 Å². The largest absolute Gasteiger partial charge is 0.381 e. The average Bonchev–Trinajstić information content (AvgIpc) is 2.15. The van der Waals surface area contributed by atoms with Crippen molar-refractivity contribution in [3.8, 4) is 0 Å². The lowest BCUT2D eigenvalue weighted by molar-refractivity contribution is -0.127. The first-order valence-corrected chi connectivity index (χ1v) is 5.21. The molecule has 0 aromatic heterocycles. The highest BCUT2D eigenvalue weighted by molar-refractivity contribution is 6.44. The molecule has 13 heavy (non-hydrogen) atoms. The van der Waals surface area contributed by atoms with Gasteiger partial charge >= 0.3 is 0 Å². The van der Waals surface area contributed by atoms with E-state index in [0.717, 1.165) is 12.8 Å². The molecule has 1 heterocycles. The first-order chi connectivity index (χ1) is 6.20. The number of hydrogen-bond acceptors (Lipinski definition) is 2. The Labute approximate surface area is 87.7 Å². The van der Waals surface area contributed by atoms with Crippen LogP contribution in [0.3, 0.4) is 0 Å². The van der Waals surface area contributed by atoms with Crippen LogP contribution in [0.4, 0.5) is 0 Å². The molecule has 0 spiro atoms. The van der Waals surface area contributed by atoms with Crippen LogP contribution in [0.25, 0.3) is 0 Å². The number of ether oxygens (including phenoxy) is 1. The SMILES string of the molecule is O=C(NCC(Cl)Cl)C1CCOCC1. The van der Waals surface area contributed by atoms with E-state index in [-0.39, 0.29) is 11.8 Å². The fourth-order valence-electron chi connectivity index (χ4n) is 1.28. The van der Waals surface area contributed by atoms with E-state index in [1.54, 1.807) is 0 Å². The van der Waals surface area contributed by atoms with Crippen LogP contribution in [0, 0.1) is 5.92 Å². The number of rotatable bonds is 3. The second-order valence-corrected chi connectivity index (χ2v) is 4.30. The fraction of sp³-hybridized carbons (Fsp3) is 0.875. The van der Waals surface area contributed by atoms with E-state index in [9.17, 15) is 4.79 Å². The van der Waals surface area contributed by atoms with Crippen molar-refractivity contribution in [3.63, 3.8) is 0 Å². The van der Waals surface area contributed by atoms with E-state index in [1.165, 1.54) is 0 Å². The normalized spacial score (nSPS) is 19.0. The molecule has 1 amide bonds. The molecule has 0 radical (unpaired) electrons. The standard InChI is InChI=1S/C8H13Cl2NO2/c9-7(10)5-11-8(12)6-1-3-13-4-2-6/h6-7H,1-5H2,(H,11,12). The molecular formula is C8H13Cl2NO2. The molecule has 0 unspecified atom stereocenters. The van der Waals surface area contributed by atoms with Crippen LogP contribution in [-0.4, -0.2) is 30.5 Å². The number of amides is 1. The molecule has 0 bridgehead atoms. The topological polar surface area (TPSA) is 38.3 Å². The molecule has 1 aliphatic heterocycles. The summed E-state index contributed by atoms with van der Waals surface area (Å²) in [6.45, 7) is 1.66. The summed E-state index contributed by atoms with van der Waals surface area (Å²) in [6, 6.07) is 0. The molecule has 0 atom stereocenters. The molecule has 0 saturated carbocycles. The van der Waals surface area contributed by atoms with Gasteiger partial charge in [0.05, 0.1) is 0 Å². The molecule has 1 N–H and O–H groups in total. The number of carbonyl (C=O) groups excluding carboxylic acids is 1. The van der Waals surface area contributed by atoms with Crippen molar-refractivity contribution in [2.24, 2.45) is 5.92 Å². The summed E-state index contributed by atoms with van der Waals surface area (Å²) < 4.78 is 5.14. The quantitative estimate of drug-likeness (QED) is 0.737.